The molecule has 4 aromatic rings. The van der Waals surface area contributed by atoms with E-state index in [2.05, 4.69) is 21.8 Å². The first kappa shape index (κ1) is 33.2. The van der Waals surface area contributed by atoms with Crippen molar-refractivity contribution in [2.24, 2.45) is 0 Å². The van der Waals surface area contributed by atoms with E-state index in [0.29, 0.717) is 66.0 Å². The zero-order chi connectivity index (χ0) is 33.5. The number of carboxylic acid groups (broad SMARTS) is 1. The molecule has 0 radical (unpaired) electrons. The molecule has 1 saturated heterocycles. The molecule has 6 bridgehead atoms. The van der Waals surface area contributed by atoms with Gasteiger partial charge in [0.25, 0.3) is 0 Å². The third kappa shape index (κ3) is 7.27. The fourth-order valence-electron chi connectivity index (χ4n) is 6.45. The van der Waals surface area contributed by atoms with Crippen LogP contribution in [-0.2, 0) is 20.7 Å². The van der Waals surface area contributed by atoms with Crippen molar-refractivity contribution >= 4 is 29.0 Å². The van der Waals surface area contributed by atoms with Crippen LogP contribution in [-0.4, -0.2) is 67.9 Å². The molecule has 2 N–H and O–H groups in total. The first-order chi connectivity index (χ1) is 22.3. The van der Waals surface area contributed by atoms with E-state index in [0.717, 1.165) is 43.5 Å². The van der Waals surface area contributed by atoms with E-state index in [1.165, 1.54) is 12.1 Å². The van der Waals surface area contributed by atoms with Crippen LogP contribution in [0.2, 0.25) is 5.15 Å². The number of hydrogen-bond acceptors (Lipinski definition) is 7. The number of ether oxygens (including phenoxy) is 3. The van der Waals surface area contributed by atoms with Gasteiger partial charge in [-0.2, -0.15) is 0 Å². The molecule has 0 saturated carbocycles. The summed E-state index contributed by atoms with van der Waals surface area (Å²) >= 11 is 6.64. The van der Waals surface area contributed by atoms with E-state index in [9.17, 15) is 14.3 Å². The Morgan fingerprint density at radius 2 is 1.89 bits per heavy atom. The lowest BCUT2D eigenvalue weighted by molar-refractivity contribution is -0.160. The van der Waals surface area contributed by atoms with Gasteiger partial charge in [0.05, 0.1) is 23.5 Å². The Balaban J connectivity index is 1.48. The number of benzene rings is 1. The van der Waals surface area contributed by atoms with Crippen molar-refractivity contribution in [2.75, 3.05) is 31.2 Å². The van der Waals surface area contributed by atoms with E-state index in [-0.39, 0.29) is 23.0 Å². The summed E-state index contributed by atoms with van der Waals surface area (Å²) < 4.78 is 35.0. The number of anilines is 1. The summed E-state index contributed by atoms with van der Waals surface area (Å²) in [5, 5.41) is 10.7. The molecule has 3 aliphatic rings. The number of fused-ring (bicyclic) bond motifs is 8. The first-order valence-corrected chi connectivity index (χ1v) is 16.7. The number of aliphatic carboxylic acids is 1. The Bertz CT molecular complexity index is 1770. The van der Waals surface area contributed by atoms with Crippen LogP contribution < -0.4 is 9.64 Å². The lowest BCUT2D eigenvalue weighted by Crippen LogP contribution is -2.45. The van der Waals surface area contributed by atoms with E-state index in [1.807, 2.05) is 44.4 Å². The summed E-state index contributed by atoms with van der Waals surface area (Å²) in [6.45, 7) is 12.1. The largest absolute Gasteiger partial charge is 0.493 e. The van der Waals surface area contributed by atoms with Gasteiger partial charge in [-0.1, -0.05) is 11.6 Å². The maximum absolute atomic E-state index is 14.3. The number of aromatic nitrogens is 4. The fourth-order valence-corrected chi connectivity index (χ4v) is 6.65. The Kier molecular flexibility index (Phi) is 9.26. The Labute approximate surface area is 279 Å². The number of halogens is 2. The van der Waals surface area contributed by atoms with Crippen LogP contribution in [0.15, 0.2) is 30.5 Å². The summed E-state index contributed by atoms with van der Waals surface area (Å²) in [4.78, 5) is 27.8. The third-order valence-corrected chi connectivity index (χ3v) is 9.22. The van der Waals surface area contributed by atoms with Gasteiger partial charge < -0.3 is 29.2 Å². The highest BCUT2D eigenvalue weighted by molar-refractivity contribution is 6.30. The molecule has 1 fully saturated rings. The van der Waals surface area contributed by atoms with Crippen LogP contribution in [0.1, 0.15) is 88.3 Å². The number of carbonyl (C=O) groups is 1. The highest BCUT2D eigenvalue weighted by atomic mass is 35.5. The van der Waals surface area contributed by atoms with Crippen LogP contribution >= 0.6 is 11.6 Å². The van der Waals surface area contributed by atoms with Crippen LogP contribution in [0.4, 0.5) is 10.2 Å². The van der Waals surface area contributed by atoms with Gasteiger partial charge >= 0.3 is 5.97 Å². The van der Waals surface area contributed by atoms with E-state index in [1.54, 1.807) is 6.07 Å². The maximum atomic E-state index is 14.3. The quantitative estimate of drug-likeness (QED) is 0.234. The number of imidazole rings is 2. The molecule has 1 aromatic carbocycles. The van der Waals surface area contributed by atoms with Crippen molar-refractivity contribution in [3.63, 3.8) is 0 Å². The van der Waals surface area contributed by atoms with Crippen LogP contribution in [0.5, 0.6) is 5.75 Å². The molecular formula is C35H43ClFN5O5. The zero-order valence-electron chi connectivity index (χ0n) is 27.7. The smallest absolute Gasteiger partial charge is 0.337 e. The van der Waals surface area contributed by atoms with E-state index >= 15 is 0 Å². The van der Waals surface area contributed by atoms with Crippen molar-refractivity contribution in [3.05, 3.63) is 63.8 Å². The Morgan fingerprint density at radius 1 is 1.15 bits per heavy atom. The minimum absolute atomic E-state index is 0.256. The van der Waals surface area contributed by atoms with Crippen LogP contribution in [0.3, 0.4) is 0 Å². The van der Waals surface area contributed by atoms with Gasteiger partial charge in [0.15, 0.2) is 17.1 Å². The van der Waals surface area contributed by atoms with Crippen molar-refractivity contribution < 1.29 is 28.5 Å². The molecule has 47 heavy (non-hydrogen) atoms. The van der Waals surface area contributed by atoms with Gasteiger partial charge in [-0.3, -0.25) is 4.40 Å². The first-order valence-electron chi connectivity index (χ1n) is 16.3. The zero-order valence-corrected chi connectivity index (χ0v) is 28.4. The number of aryl methyl sites for hydroxylation is 1. The fraction of sp³-hybridized carbons (Fsp3) is 0.514. The third-order valence-electron chi connectivity index (χ3n) is 8.91. The molecule has 12 heteroatoms. The monoisotopic (exact) mass is 667 g/mol. The number of rotatable bonds is 3. The lowest BCUT2D eigenvalue weighted by atomic mass is 9.92. The second kappa shape index (κ2) is 13.1. The van der Waals surface area contributed by atoms with Crippen molar-refractivity contribution in [3.8, 4) is 17.3 Å². The molecule has 10 nitrogen and oxygen atoms in total. The number of carboxylic acids is 1. The van der Waals surface area contributed by atoms with E-state index in [4.69, 9.17) is 30.8 Å². The molecule has 6 heterocycles. The number of H-pyrrole nitrogens is 1. The number of piperidine rings is 1. The molecule has 3 aliphatic heterocycles. The second-order valence-electron chi connectivity index (χ2n) is 13.8. The number of nitrogens with zero attached hydrogens (tertiary/aromatic N) is 4. The van der Waals surface area contributed by atoms with Gasteiger partial charge in [0, 0.05) is 43.4 Å². The lowest BCUT2D eigenvalue weighted by Gasteiger charge is -2.41. The summed E-state index contributed by atoms with van der Waals surface area (Å²) in [6, 6.07) is 6.38. The second-order valence-corrected chi connectivity index (χ2v) is 14.2. The predicted molar refractivity (Wildman–Crippen MR) is 178 cm³/mol. The summed E-state index contributed by atoms with van der Waals surface area (Å²) in [5.74, 6) is 0.352. The van der Waals surface area contributed by atoms with Crippen LogP contribution in [0, 0.1) is 12.7 Å². The summed E-state index contributed by atoms with van der Waals surface area (Å²) in [5.41, 5.74) is 2.78. The Hall–Kier alpha value is -3.67. The van der Waals surface area contributed by atoms with Gasteiger partial charge in [-0.05, 0) is 96.6 Å². The average Bonchev–Trinajstić information content (AvgIpc) is 3.58. The number of nitrogens with one attached hydrogen (secondary N) is 1. The maximum Gasteiger partial charge on any atom is 0.337 e. The standard InChI is InChI=1S/C35H43ClFN5O5/c1-21-17-27-38-25-20-42(27)32(28(21)29(33(43)44)47-34(2,3)4)41-13-11-35(5,12-14-41)46-16-8-6-7-15-45-26-10-9-23(37)18-22(26)19-24-30(36)40-31(25)39-24/h9-10,17-18,20,29H,6-8,11-16,19H2,1-5H3,(H,39,40)(H,43,44)/t29-/m0/s1. The minimum Gasteiger partial charge on any atom is -0.493 e. The molecule has 3 aromatic heterocycles. The highest BCUT2D eigenvalue weighted by Gasteiger charge is 2.37. The van der Waals surface area contributed by atoms with Crippen molar-refractivity contribution in [1.29, 1.82) is 0 Å². The van der Waals surface area contributed by atoms with Gasteiger partial charge in [0.1, 0.15) is 28.7 Å². The summed E-state index contributed by atoms with van der Waals surface area (Å²) in [6.07, 6.45) is 5.16. The highest BCUT2D eigenvalue weighted by Crippen LogP contribution is 2.39. The summed E-state index contributed by atoms with van der Waals surface area (Å²) in [7, 11) is 0. The van der Waals surface area contributed by atoms with Gasteiger partial charge in [-0.15, -0.1) is 0 Å². The van der Waals surface area contributed by atoms with Crippen molar-refractivity contribution in [1.82, 2.24) is 19.4 Å². The molecular weight excluding hydrogens is 625 g/mol. The molecule has 0 spiro atoms. The Morgan fingerprint density at radius 3 is 2.62 bits per heavy atom. The number of pyridine rings is 1. The SMILES string of the molecule is Cc1cc2nc3cn2c(c1[C@H](OC(C)(C)C)C(=O)O)N1CCC(C)(CC1)OCCCCCOc1ccc(F)cc1Cc1[nH]c-3nc1Cl. The average molecular weight is 668 g/mol. The van der Waals surface area contributed by atoms with Crippen LogP contribution in [0.25, 0.3) is 17.2 Å². The molecule has 7 rings (SSSR count). The topological polar surface area (TPSA) is 114 Å². The molecule has 0 unspecified atom stereocenters. The molecule has 252 valence electrons. The molecule has 0 aliphatic carbocycles. The van der Waals surface area contributed by atoms with E-state index < -0.39 is 17.7 Å². The number of aromatic amines is 1. The minimum atomic E-state index is -1.20. The van der Waals surface area contributed by atoms with Crippen molar-refractivity contribution in [2.45, 2.75) is 90.4 Å². The normalized spacial score (nSPS) is 18.1. The number of hydrogen-bond donors (Lipinski definition) is 2. The molecule has 1 atom stereocenters. The molecule has 0 amide bonds. The predicted octanol–water partition coefficient (Wildman–Crippen LogP) is 7.30. The van der Waals surface area contributed by atoms with Gasteiger partial charge in [-0.25, -0.2) is 19.2 Å². The van der Waals surface area contributed by atoms with Gasteiger partial charge in [0.2, 0.25) is 0 Å².